The number of nitro benzene ring substituents is 1. The highest BCUT2D eigenvalue weighted by Gasteiger charge is 2.47. The van der Waals surface area contributed by atoms with E-state index in [1.807, 2.05) is 36.4 Å². The minimum atomic E-state index is -0.902. The molecule has 1 aromatic heterocycles. The van der Waals surface area contributed by atoms with Crippen LogP contribution in [0.2, 0.25) is 0 Å². The van der Waals surface area contributed by atoms with E-state index in [1.165, 1.54) is 29.2 Å². The van der Waals surface area contributed by atoms with Gasteiger partial charge in [0.2, 0.25) is 0 Å². The fraction of sp³-hybridized carbons (Fsp3) is 0.143. The summed E-state index contributed by atoms with van der Waals surface area (Å²) < 4.78 is 0. The van der Waals surface area contributed by atoms with Gasteiger partial charge in [0.25, 0.3) is 17.4 Å². The number of hydrogen-bond acceptors (Lipinski definition) is 5. The summed E-state index contributed by atoms with van der Waals surface area (Å²) in [6, 6.07) is 19.3. The Balaban J connectivity index is 1.72. The molecule has 5 rings (SSSR count). The Hall–Kier alpha value is -4.72. The maximum absolute atomic E-state index is 13.4. The molecule has 36 heavy (non-hydrogen) atoms. The van der Waals surface area contributed by atoms with Gasteiger partial charge in [0.1, 0.15) is 5.76 Å². The number of carbonyl (C=O) groups is 2. The van der Waals surface area contributed by atoms with Crippen LogP contribution in [0.5, 0.6) is 0 Å². The maximum Gasteiger partial charge on any atom is 0.300 e. The topological polar surface area (TPSA) is 117 Å². The summed E-state index contributed by atoms with van der Waals surface area (Å²) in [5.74, 6) is -1.68. The second-order valence-electron chi connectivity index (χ2n) is 9.01. The number of H-pyrrole nitrogens is 1. The number of nitrogens with one attached hydrogen (secondary N) is 1. The van der Waals surface area contributed by atoms with Crippen molar-refractivity contribution in [1.82, 2.24) is 4.98 Å². The van der Waals surface area contributed by atoms with Crippen molar-refractivity contribution < 1.29 is 19.6 Å². The molecule has 0 bridgehead atoms. The number of amides is 1. The number of benzene rings is 3. The molecule has 1 amide bonds. The van der Waals surface area contributed by atoms with Gasteiger partial charge in [-0.3, -0.25) is 24.6 Å². The van der Waals surface area contributed by atoms with E-state index in [9.17, 15) is 24.8 Å². The average molecular weight is 482 g/mol. The van der Waals surface area contributed by atoms with Gasteiger partial charge in [-0.25, -0.2) is 0 Å². The Morgan fingerprint density at radius 2 is 1.67 bits per heavy atom. The minimum absolute atomic E-state index is 0.0773. The number of non-ortho nitro benzene ring substituents is 1. The zero-order valence-corrected chi connectivity index (χ0v) is 19.6. The van der Waals surface area contributed by atoms with Crippen molar-refractivity contribution in [2.24, 2.45) is 0 Å². The molecule has 180 valence electrons. The number of nitrogens with zero attached hydrogens (tertiary/aromatic N) is 2. The van der Waals surface area contributed by atoms with E-state index < -0.39 is 22.7 Å². The quantitative estimate of drug-likeness (QED) is 0.122. The Morgan fingerprint density at radius 1 is 1.00 bits per heavy atom. The van der Waals surface area contributed by atoms with Crippen LogP contribution in [-0.4, -0.2) is 26.7 Å². The lowest BCUT2D eigenvalue weighted by Gasteiger charge is -2.25. The molecular weight excluding hydrogens is 458 g/mol. The fourth-order valence-corrected chi connectivity index (χ4v) is 4.63. The molecule has 0 saturated carbocycles. The summed E-state index contributed by atoms with van der Waals surface area (Å²) in [4.78, 5) is 41.8. The van der Waals surface area contributed by atoms with E-state index in [2.05, 4.69) is 18.8 Å². The smallest absolute Gasteiger partial charge is 0.300 e. The third-order valence-corrected chi connectivity index (χ3v) is 6.55. The number of aromatic amines is 1. The third kappa shape index (κ3) is 3.73. The van der Waals surface area contributed by atoms with Crippen LogP contribution in [0.3, 0.4) is 0 Å². The number of ketones is 1. The summed E-state index contributed by atoms with van der Waals surface area (Å²) in [5, 5.41) is 23.1. The summed E-state index contributed by atoms with van der Waals surface area (Å²) >= 11 is 0. The lowest BCUT2D eigenvalue weighted by atomic mass is 9.94. The van der Waals surface area contributed by atoms with Crippen molar-refractivity contribution in [3.63, 3.8) is 0 Å². The van der Waals surface area contributed by atoms with Gasteiger partial charge in [0.05, 0.1) is 16.5 Å². The zero-order valence-electron chi connectivity index (χ0n) is 19.6. The molecule has 0 radical (unpaired) electrons. The Labute approximate surface area is 206 Å². The van der Waals surface area contributed by atoms with Crippen molar-refractivity contribution in [1.29, 1.82) is 0 Å². The van der Waals surface area contributed by atoms with Gasteiger partial charge < -0.3 is 10.1 Å². The highest BCUT2D eigenvalue weighted by atomic mass is 16.6. The van der Waals surface area contributed by atoms with Gasteiger partial charge in [-0.1, -0.05) is 44.2 Å². The SMILES string of the molecule is CC(C)c1ccc(N2C(=O)C(=O)/C(=C(/O)c3ccc([N+](=O)[O-])cc3)C2c2c[nH]c3ccccc23)cc1. The summed E-state index contributed by atoms with van der Waals surface area (Å²) in [6.07, 6.45) is 1.74. The number of hydrogen-bond donors (Lipinski definition) is 2. The molecule has 1 aliphatic rings. The van der Waals surface area contributed by atoms with Gasteiger partial charge in [-0.05, 0) is 41.8 Å². The van der Waals surface area contributed by atoms with Crippen LogP contribution in [0, 0.1) is 10.1 Å². The Morgan fingerprint density at radius 3 is 2.31 bits per heavy atom. The van der Waals surface area contributed by atoms with E-state index in [4.69, 9.17) is 0 Å². The highest BCUT2D eigenvalue weighted by Crippen LogP contribution is 2.44. The first-order valence-corrected chi connectivity index (χ1v) is 11.5. The number of anilines is 1. The first kappa shape index (κ1) is 23.0. The second-order valence-corrected chi connectivity index (χ2v) is 9.01. The van der Waals surface area contributed by atoms with Gasteiger partial charge >= 0.3 is 0 Å². The first-order valence-electron chi connectivity index (χ1n) is 11.5. The number of Topliss-reactive ketones (excluding diaryl/α,β-unsaturated/α-hetero) is 1. The van der Waals surface area contributed by atoms with Crippen LogP contribution in [0.1, 0.15) is 42.5 Å². The van der Waals surface area contributed by atoms with Crippen molar-refractivity contribution in [2.45, 2.75) is 25.8 Å². The number of rotatable bonds is 5. The standard InChI is InChI=1S/C28H23N3O5/c1-16(2)17-7-11-19(12-8-17)30-25(22-15-29-23-6-4-3-5-21(22)23)24(27(33)28(30)34)26(32)18-9-13-20(14-10-18)31(35)36/h3-16,25,29,32H,1-2H3/b26-24+. The zero-order chi connectivity index (χ0) is 25.6. The van der Waals surface area contributed by atoms with Gasteiger partial charge in [-0.15, -0.1) is 0 Å². The maximum atomic E-state index is 13.4. The first-order chi connectivity index (χ1) is 17.3. The molecule has 8 nitrogen and oxygen atoms in total. The van der Waals surface area contributed by atoms with Crippen LogP contribution in [0.4, 0.5) is 11.4 Å². The molecule has 0 spiro atoms. The second kappa shape index (κ2) is 8.81. The van der Waals surface area contributed by atoms with E-state index in [0.29, 0.717) is 17.2 Å². The summed E-state index contributed by atoms with van der Waals surface area (Å²) in [7, 11) is 0. The fourth-order valence-electron chi connectivity index (χ4n) is 4.63. The number of nitro groups is 1. The van der Waals surface area contributed by atoms with Crippen molar-refractivity contribution in [3.8, 4) is 0 Å². The van der Waals surface area contributed by atoms with Crippen LogP contribution < -0.4 is 4.90 Å². The number of para-hydroxylation sites is 1. The van der Waals surface area contributed by atoms with Crippen molar-refractivity contribution in [3.05, 3.63) is 111 Å². The number of aliphatic hydroxyl groups is 1. The average Bonchev–Trinajstić information content (AvgIpc) is 3.42. The normalized spacial score (nSPS) is 17.3. The monoisotopic (exact) mass is 481 g/mol. The molecule has 1 aliphatic heterocycles. The van der Waals surface area contributed by atoms with E-state index in [-0.39, 0.29) is 22.6 Å². The van der Waals surface area contributed by atoms with E-state index >= 15 is 0 Å². The molecular formula is C28H23N3O5. The molecule has 1 saturated heterocycles. The van der Waals surface area contributed by atoms with Crippen LogP contribution in [0.25, 0.3) is 16.7 Å². The molecule has 1 atom stereocenters. The number of aromatic nitrogens is 1. The van der Waals surface area contributed by atoms with Gasteiger partial charge in [0, 0.05) is 46.0 Å². The number of aliphatic hydroxyl groups excluding tert-OH is 1. The summed E-state index contributed by atoms with van der Waals surface area (Å²) in [5.41, 5.74) is 3.07. The third-order valence-electron chi connectivity index (χ3n) is 6.55. The highest BCUT2D eigenvalue weighted by molar-refractivity contribution is 6.51. The van der Waals surface area contributed by atoms with Gasteiger partial charge in [0.15, 0.2) is 0 Å². The largest absolute Gasteiger partial charge is 0.507 e. The number of carbonyl (C=O) groups excluding carboxylic acids is 2. The molecule has 8 heteroatoms. The van der Waals surface area contributed by atoms with Crippen molar-refractivity contribution >= 4 is 39.7 Å². The molecule has 4 aromatic rings. The lowest BCUT2D eigenvalue weighted by molar-refractivity contribution is -0.384. The molecule has 2 N–H and O–H groups in total. The molecule has 3 aromatic carbocycles. The molecule has 1 unspecified atom stereocenters. The van der Waals surface area contributed by atoms with E-state index in [1.54, 1.807) is 18.3 Å². The molecule has 0 aliphatic carbocycles. The molecule has 2 heterocycles. The predicted octanol–water partition coefficient (Wildman–Crippen LogP) is 5.83. The Bertz CT molecular complexity index is 1530. The Kier molecular flexibility index (Phi) is 5.64. The van der Waals surface area contributed by atoms with Crippen LogP contribution >= 0.6 is 0 Å². The number of fused-ring (bicyclic) bond motifs is 1. The summed E-state index contributed by atoms with van der Waals surface area (Å²) in [6.45, 7) is 4.13. The molecule has 1 fully saturated rings. The van der Waals surface area contributed by atoms with E-state index in [0.717, 1.165) is 16.5 Å². The van der Waals surface area contributed by atoms with Crippen molar-refractivity contribution in [2.75, 3.05) is 4.90 Å². The van der Waals surface area contributed by atoms with Crippen LogP contribution in [0.15, 0.2) is 84.6 Å². The lowest BCUT2D eigenvalue weighted by Crippen LogP contribution is -2.29. The van der Waals surface area contributed by atoms with Gasteiger partial charge in [-0.2, -0.15) is 0 Å². The minimum Gasteiger partial charge on any atom is -0.507 e. The van der Waals surface area contributed by atoms with Crippen LogP contribution in [-0.2, 0) is 9.59 Å². The predicted molar refractivity (Wildman–Crippen MR) is 137 cm³/mol.